The highest BCUT2D eigenvalue weighted by Crippen LogP contribution is 2.18. The maximum absolute atomic E-state index is 12.3. The van der Waals surface area contributed by atoms with Gasteiger partial charge in [-0.25, -0.2) is 0 Å². The predicted octanol–water partition coefficient (Wildman–Crippen LogP) is 2.61. The van der Waals surface area contributed by atoms with E-state index in [1.54, 1.807) is 4.90 Å². The molecule has 1 aliphatic heterocycles. The van der Waals surface area contributed by atoms with Crippen LogP contribution in [0.5, 0.6) is 0 Å². The second kappa shape index (κ2) is 9.35. The zero-order valence-electron chi connectivity index (χ0n) is 15.1. The van der Waals surface area contributed by atoms with E-state index in [-0.39, 0.29) is 11.9 Å². The average molecular weight is 354 g/mol. The summed E-state index contributed by atoms with van der Waals surface area (Å²) >= 11 is 0. The summed E-state index contributed by atoms with van der Waals surface area (Å²) in [5.74, 6) is 0.0414. The third kappa shape index (κ3) is 5.06. The number of nitrogens with one attached hydrogen (secondary N) is 1. The lowest BCUT2D eigenvalue weighted by Crippen LogP contribution is -2.44. The Balaban J connectivity index is 1.35. The first-order chi connectivity index (χ1) is 12.8. The summed E-state index contributed by atoms with van der Waals surface area (Å²) < 4.78 is 0. The summed E-state index contributed by atoms with van der Waals surface area (Å²) in [5.41, 5.74) is 2.21. The number of benzene rings is 1. The van der Waals surface area contributed by atoms with Crippen LogP contribution in [0, 0.1) is 11.3 Å². The highest BCUT2D eigenvalue weighted by Gasteiger charge is 2.28. The van der Waals surface area contributed by atoms with Crippen LogP contribution in [-0.4, -0.2) is 41.7 Å². The quantitative estimate of drug-likeness (QED) is 0.797. The van der Waals surface area contributed by atoms with Gasteiger partial charge in [-0.05, 0) is 44.1 Å². The molecule has 26 heavy (non-hydrogen) atoms. The number of carbonyl (C=O) groups excluding carboxylic acids is 1. The van der Waals surface area contributed by atoms with E-state index in [0.29, 0.717) is 25.7 Å². The van der Waals surface area contributed by atoms with Crippen molar-refractivity contribution in [3.8, 4) is 6.07 Å². The SMILES string of the molecule is N#CC1CCCN1C(=O)CNC1CCC(=NOCc2ccccc2)CC1. The van der Waals surface area contributed by atoms with E-state index in [4.69, 9.17) is 10.1 Å². The lowest BCUT2D eigenvalue weighted by Gasteiger charge is -2.25. The Morgan fingerprint density at radius 1 is 1.27 bits per heavy atom. The summed E-state index contributed by atoms with van der Waals surface area (Å²) in [6, 6.07) is 12.3. The summed E-state index contributed by atoms with van der Waals surface area (Å²) in [6.07, 6.45) is 5.44. The molecule has 3 rings (SSSR count). The molecule has 0 bridgehead atoms. The third-order valence-corrected chi connectivity index (χ3v) is 5.09. The second-order valence-corrected chi connectivity index (χ2v) is 6.95. The monoisotopic (exact) mass is 354 g/mol. The normalized spacial score (nSPS) is 22.7. The van der Waals surface area contributed by atoms with Crippen molar-refractivity contribution in [3.63, 3.8) is 0 Å². The first-order valence-electron chi connectivity index (χ1n) is 9.40. The van der Waals surface area contributed by atoms with Gasteiger partial charge in [0.15, 0.2) is 0 Å². The molecule has 0 spiro atoms. The number of nitriles is 1. The zero-order chi connectivity index (χ0) is 18.2. The van der Waals surface area contributed by atoms with E-state index in [9.17, 15) is 4.79 Å². The number of oxime groups is 1. The maximum atomic E-state index is 12.3. The highest BCUT2D eigenvalue weighted by molar-refractivity contribution is 5.84. The molecule has 1 saturated heterocycles. The van der Waals surface area contributed by atoms with Gasteiger partial charge in [0.05, 0.1) is 18.3 Å². The largest absolute Gasteiger partial charge is 0.391 e. The minimum absolute atomic E-state index is 0.0414. The van der Waals surface area contributed by atoms with Gasteiger partial charge in [0.25, 0.3) is 0 Å². The van der Waals surface area contributed by atoms with Crippen molar-refractivity contribution in [2.24, 2.45) is 5.16 Å². The van der Waals surface area contributed by atoms with E-state index < -0.39 is 0 Å². The van der Waals surface area contributed by atoms with Crippen LogP contribution in [0.1, 0.15) is 44.1 Å². The summed E-state index contributed by atoms with van der Waals surface area (Å²) in [5, 5.41) is 16.7. The van der Waals surface area contributed by atoms with Gasteiger partial charge >= 0.3 is 0 Å². The standard InChI is InChI=1S/C20H26N4O2/c21-13-19-7-4-12-24(19)20(25)14-22-17-8-10-18(11-9-17)23-26-15-16-5-2-1-3-6-16/h1-3,5-6,17,19,22H,4,7-12,14-15H2. The van der Waals surface area contributed by atoms with Crippen molar-refractivity contribution in [2.75, 3.05) is 13.1 Å². The minimum Gasteiger partial charge on any atom is -0.391 e. The molecule has 1 aromatic carbocycles. The molecule has 138 valence electrons. The Morgan fingerprint density at radius 3 is 2.77 bits per heavy atom. The molecule has 1 heterocycles. The number of hydrogen-bond donors (Lipinski definition) is 1. The lowest BCUT2D eigenvalue weighted by atomic mass is 9.94. The number of amides is 1. The fraction of sp³-hybridized carbons (Fsp3) is 0.550. The van der Waals surface area contributed by atoms with Gasteiger partial charge in [-0.15, -0.1) is 0 Å². The van der Waals surface area contributed by atoms with E-state index in [1.807, 2.05) is 30.3 Å². The topological polar surface area (TPSA) is 77.7 Å². The zero-order valence-corrected chi connectivity index (χ0v) is 15.1. The lowest BCUT2D eigenvalue weighted by molar-refractivity contribution is -0.130. The van der Waals surface area contributed by atoms with Gasteiger partial charge < -0.3 is 15.1 Å². The van der Waals surface area contributed by atoms with Crippen molar-refractivity contribution >= 4 is 11.6 Å². The van der Waals surface area contributed by atoms with Crippen LogP contribution in [0.15, 0.2) is 35.5 Å². The molecular weight excluding hydrogens is 328 g/mol. The molecule has 2 aliphatic rings. The van der Waals surface area contributed by atoms with Crippen molar-refractivity contribution in [2.45, 2.75) is 57.2 Å². The van der Waals surface area contributed by atoms with Gasteiger partial charge in [-0.3, -0.25) is 4.79 Å². The summed E-state index contributed by atoms with van der Waals surface area (Å²) in [7, 11) is 0. The Kier molecular flexibility index (Phi) is 6.62. The van der Waals surface area contributed by atoms with Crippen molar-refractivity contribution in [1.29, 1.82) is 5.26 Å². The highest BCUT2D eigenvalue weighted by atomic mass is 16.6. The van der Waals surface area contributed by atoms with E-state index in [0.717, 1.165) is 49.8 Å². The van der Waals surface area contributed by atoms with Crippen LogP contribution in [0.25, 0.3) is 0 Å². The number of hydrogen-bond acceptors (Lipinski definition) is 5. The molecule has 1 saturated carbocycles. The van der Waals surface area contributed by atoms with Gasteiger partial charge in [-0.2, -0.15) is 5.26 Å². The Bertz CT molecular complexity index is 658. The van der Waals surface area contributed by atoms with Gasteiger partial charge in [0.2, 0.25) is 5.91 Å². The number of rotatable bonds is 6. The molecule has 1 amide bonds. The molecule has 2 fully saturated rings. The van der Waals surface area contributed by atoms with Gasteiger partial charge in [0, 0.05) is 12.6 Å². The second-order valence-electron chi connectivity index (χ2n) is 6.95. The van der Waals surface area contributed by atoms with Crippen LogP contribution < -0.4 is 5.32 Å². The third-order valence-electron chi connectivity index (χ3n) is 5.09. The smallest absolute Gasteiger partial charge is 0.237 e. The fourth-order valence-electron chi connectivity index (χ4n) is 3.55. The van der Waals surface area contributed by atoms with E-state index in [2.05, 4.69) is 16.5 Å². The fourth-order valence-corrected chi connectivity index (χ4v) is 3.55. The van der Waals surface area contributed by atoms with Crippen molar-refractivity contribution in [3.05, 3.63) is 35.9 Å². The van der Waals surface area contributed by atoms with Crippen molar-refractivity contribution in [1.82, 2.24) is 10.2 Å². The molecule has 0 aromatic heterocycles. The van der Waals surface area contributed by atoms with Gasteiger partial charge in [-0.1, -0.05) is 35.5 Å². The number of carbonyl (C=O) groups is 1. The molecule has 1 unspecified atom stereocenters. The predicted molar refractivity (Wildman–Crippen MR) is 99.3 cm³/mol. The molecule has 1 N–H and O–H groups in total. The molecule has 1 atom stereocenters. The Labute approximate surface area is 154 Å². The molecule has 6 nitrogen and oxygen atoms in total. The Hall–Kier alpha value is -2.39. The van der Waals surface area contributed by atoms with Crippen LogP contribution >= 0.6 is 0 Å². The van der Waals surface area contributed by atoms with Crippen LogP contribution in [-0.2, 0) is 16.2 Å². The first kappa shape index (κ1) is 18.4. The summed E-state index contributed by atoms with van der Waals surface area (Å²) in [4.78, 5) is 19.4. The van der Waals surface area contributed by atoms with Crippen LogP contribution in [0.4, 0.5) is 0 Å². The first-order valence-corrected chi connectivity index (χ1v) is 9.40. The minimum atomic E-state index is -0.240. The Morgan fingerprint density at radius 2 is 2.04 bits per heavy atom. The summed E-state index contributed by atoms with van der Waals surface area (Å²) in [6.45, 7) is 1.52. The average Bonchev–Trinajstić information content (AvgIpc) is 3.17. The molecular formula is C20H26N4O2. The molecule has 6 heteroatoms. The number of nitrogens with zero attached hydrogens (tertiary/aromatic N) is 3. The van der Waals surface area contributed by atoms with Gasteiger partial charge in [0.1, 0.15) is 12.6 Å². The molecule has 1 aliphatic carbocycles. The molecule has 1 aromatic rings. The van der Waals surface area contributed by atoms with Crippen LogP contribution in [0.2, 0.25) is 0 Å². The van der Waals surface area contributed by atoms with Crippen molar-refractivity contribution < 1.29 is 9.63 Å². The van der Waals surface area contributed by atoms with E-state index >= 15 is 0 Å². The van der Waals surface area contributed by atoms with Crippen LogP contribution in [0.3, 0.4) is 0 Å². The maximum Gasteiger partial charge on any atom is 0.237 e. The number of likely N-dealkylation sites (tertiary alicyclic amines) is 1. The molecule has 0 radical (unpaired) electrons. The van der Waals surface area contributed by atoms with E-state index in [1.165, 1.54) is 0 Å².